The summed E-state index contributed by atoms with van der Waals surface area (Å²) in [5.41, 5.74) is 20.6. The fourth-order valence-corrected chi connectivity index (χ4v) is 9.95. The van der Waals surface area contributed by atoms with Crippen LogP contribution in [0.25, 0.3) is 106 Å². The summed E-state index contributed by atoms with van der Waals surface area (Å²) in [5.74, 6) is 0.677. The summed E-state index contributed by atoms with van der Waals surface area (Å²) in [6.07, 6.45) is 0. The lowest BCUT2D eigenvalue weighted by atomic mass is 9.81. The minimum atomic E-state index is -0.0589. The summed E-state index contributed by atoms with van der Waals surface area (Å²) in [4.78, 5) is 10.6. The van der Waals surface area contributed by atoms with Gasteiger partial charge >= 0.3 is 0 Å². The normalized spacial score (nSPS) is 12.7. The van der Waals surface area contributed by atoms with Crippen LogP contribution in [0.4, 0.5) is 0 Å². The Hall–Kier alpha value is -8.14. The summed E-state index contributed by atoms with van der Waals surface area (Å²) < 4.78 is 2.42. The Morgan fingerprint density at radius 2 is 0.844 bits per heavy atom. The van der Waals surface area contributed by atoms with Gasteiger partial charge in [0.1, 0.15) is 0 Å². The molecule has 12 rings (SSSR count). The Morgan fingerprint density at radius 1 is 0.328 bits per heavy atom. The van der Waals surface area contributed by atoms with Crippen LogP contribution in [0.15, 0.2) is 224 Å². The third-order valence-electron chi connectivity index (χ3n) is 13.2. The Bertz CT molecular complexity index is 3510. The van der Waals surface area contributed by atoms with E-state index in [0.29, 0.717) is 5.82 Å². The molecule has 0 amide bonds. The van der Waals surface area contributed by atoms with Crippen LogP contribution in [0, 0.1) is 0 Å². The molecule has 1 aliphatic carbocycles. The quantitative estimate of drug-likeness (QED) is 0.160. The largest absolute Gasteiger partial charge is 0.309 e. The first-order chi connectivity index (χ1) is 31.5. The second-order valence-corrected chi connectivity index (χ2v) is 17.4. The fourth-order valence-electron chi connectivity index (χ4n) is 9.95. The summed E-state index contributed by atoms with van der Waals surface area (Å²) >= 11 is 0. The summed E-state index contributed by atoms with van der Waals surface area (Å²) in [6.45, 7) is 4.70. The zero-order valence-electron chi connectivity index (χ0n) is 35.7. The van der Waals surface area contributed by atoms with Gasteiger partial charge in [-0.2, -0.15) is 0 Å². The molecule has 0 fully saturated rings. The Labute approximate surface area is 373 Å². The van der Waals surface area contributed by atoms with Crippen molar-refractivity contribution in [2.45, 2.75) is 19.3 Å². The van der Waals surface area contributed by atoms with E-state index in [4.69, 9.17) is 9.97 Å². The molecule has 302 valence electrons. The Morgan fingerprint density at radius 3 is 1.56 bits per heavy atom. The van der Waals surface area contributed by atoms with E-state index in [2.05, 4.69) is 231 Å². The van der Waals surface area contributed by atoms with Crippen LogP contribution < -0.4 is 0 Å². The summed E-state index contributed by atoms with van der Waals surface area (Å²) in [6, 6.07) is 80.9. The van der Waals surface area contributed by atoms with Gasteiger partial charge in [-0.25, -0.2) is 9.97 Å². The maximum atomic E-state index is 5.29. The predicted octanol–water partition coefficient (Wildman–Crippen LogP) is 15.9. The minimum absolute atomic E-state index is 0.0589. The van der Waals surface area contributed by atoms with E-state index in [1.54, 1.807) is 0 Å². The maximum Gasteiger partial charge on any atom is 0.160 e. The molecule has 11 aromatic rings. The lowest BCUT2D eigenvalue weighted by molar-refractivity contribution is 0.660. The van der Waals surface area contributed by atoms with Crippen molar-refractivity contribution >= 4 is 21.8 Å². The van der Waals surface area contributed by atoms with Crippen LogP contribution >= 0.6 is 0 Å². The standard InChI is InChI=1S/C61H43N3/c1-61(2)54-27-14-12-25-50(54)51-31-29-45(37-55(51)61)43-23-16-24-44(33-43)46-30-32-53-52-26-13-15-28-58(52)64(59(53)38-46)49-35-47(40-17-6-3-7-18-40)34-48(36-49)60-62-56(41-19-8-4-9-20-41)39-57(63-60)42-21-10-5-11-22-42/h3-39H,1-2H3. The van der Waals surface area contributed by atoms with Crippen LogP contribution in [0.3, 0.4) is 0 Å². The number of benzene rings is 9. The van der Waals surface area contributed by atoms with Crippen molar-refractivity contribution in [2.24, 2.45) is 0 Å². The van der Waals surface area contributed by atoms with Gasteiger partial charge in [-0.3, -0.25) is 0 Å². The number of rotatable bonds is 7. The molecule has 0 bridgehead atoms. The molecule has 0 radical (unpaired) electrons. The number of fused-ring (bicyclic) bond motifs is 6. The van der Waals surface area contributed by atoms with E-state index in [1.807, 2.05) is 12.1 Å². The molecule has 0 unspecified atom stereocenters. The Balaban J connectivity index is 1.03. The summed E-state index contributed by atoms with van der Waals surface area (Å²) in [5, 5.41) is 2.41. The van der Waals surface area contributed by atoms with E-state index >= 15 is 0 Å². The predicted molar refractivity (Wildman–Crippen MR) is 267 cm³/mol. The van der Waals surface area contributed by atoms with Crippen molar-refractivity contribution in [3.8, 4) is 84.1 Å². The van der Waals surface area contributed by atoms with Crippen molar-refractivity contribution in [1.82, 2.24) is 14.5 Å². The zero-order valence-corrected chi connectivity index (χ0v) is 35.7. The smallest absolute Gasteiger partial charge is 0.160 e. The minimum Gasteiger partial charge on any atom is -0.309 e. The van der Waals surface area contributed by atoms with Gasteiger partial charge in [0.25, 0.3) is 0 Å². The number of hydrogen-bond donors (Lipinski definition) is 0. The molecule has 1 aliphatic rings. The molecule has 0 aliphatic heterocycles. The number of aromatic nitrogens is 3. The number of para-hydroxylation sites is 1. The average Bonchev–Trinajstić information content (AvgIpc) is 3.82. The SMILES string of the molecule is CC1(C)c2ccccc2-c2ccc(-c3cccc(-c4ccc5c6ccccc6n(-c6cc(-c7ccccc7)cc(-c7nc(-c8ccccc8)cc(-c8ccccc8)n7)c6)c5c4)c3)cc21. The molecule has 3 heteroatoms. The highest BCUT2D eigenvalue weighted by Crippen LogP contribution is 2.49. The van der Waals surface area contributed by atoms with Gasteiger partial charge in [-0.05, 0) is 104 Å². The van der Waals surface area contributed by atoms with Crippen molar-refractivity contribution in [3.05, 3.63) is 236 Å². The van der Waals surface area contributed by atoms with Crippen molar-refractivity contribution in [2.75, 3.05) is 0 Å². The topological polar surface area (TPSA) is 30.7 Å². The van der Waals surface area contributed by atoms with E-state index in [9.17, 15) is 0 Å². The van der Waals surface area contributed by atoms with Crippen molar-refractivity contribution in [1.29, 1.82) is 0 Å². The molecule has 64 heavy (non-hydrogen) atoms. The zero-order chi connectivity index (χ0) is 42.8. The van der Waals surface area contributed by atoms with Crippen LogP contribution in [-0.4, -0.2) is 14.5 Å². The second-order valence-electron chi connectivity index (χ2n) is 17.4. The van der Waals surface area contributed by atoms with E-state index < -0.39 is 0 Å². The average molecular weight is 818 g/mol. The van der Waals surface area contributed by atoms with Crippen LogP contribution in [0.5, 0.6) is 0 Å². The van der Waals surface area contributed by atoms with Gasteiger partial charge in [-0.15, -0.1) is 0 Å². The van der Waals surface area contributed by atoms with Gasteiger partial charge in [0, 0.05) is 38.6 Å². The third kappa shape index (κ3) is 6.36. The monoisotopic (exact) mass is 817 g/mol. The van der Waals surface area contributed by atoms with Gasteiger partial charge in [0.2, 0.25) is 0 Å². The number of hydrogen-bond acceptors (Lipinski definition) is 2. The molecule has 9 aromatic carbocycles. The number of nitrogens with zero attached hydrogens (tertiary/aromatic N) is 3. The van der Waals surface area contributed by atoms with Gasteiger partial charge in [0.15, 0.2) is 5.82 Å². The maximum absolute atomic E-state index is 5.29. The molecule has 3 nitrogen and oxygen atoms in total. The molecular formula is C61H43N3. The third-order valence-corrected chi connectivity index (χ3v) is 13.2. The molecule has 2 heterocycles. The molecule has 0 atom stereocenters. The van der Waals surface area contributed by atoms with E-state index in [1.165, 1.54) is 49.7 Å². The second kappa shape index (κ2) is 15.0. The highest BCUT2D eigenvalue weighted by molar-refractivity contribution is 6.10. The van der Waals surface area contributed by atoms with Crippen LogP contribution in [0.1, 0.15) is 25.0 Å². The Kier molecular flexibility index (Phi) is 8.84. The first-order valence-corrected chi connectivity index (χ1v) is 22.1. The van der Waals surface area contributed by atoms with Crippen molar-refractivity contribution in [3.63, 3.8) is 0 Å². The lowest BCUT2D eigenvalue weighted by Gasteiger charge is -2.22. The van der Waals surface area contributed by atoms with Gasteiger partial charge < -0.3 is 4.57 Å². The molecule has 2 aromatic heterocycles. The van der Waals surface area contributed by atoms with Gasteiger partial charge in [-0.1, -0.05) is 190 Å². The highest BCUT2D eigenvalue weighted by Gasteiger charge is 2.35. The first kappa shape index (κ1) is 37.6. The summed E-state index contributed by atoms with van der Waals surface area (Å²) in [7, 11) is 0. The highest BCUT2D eigenvalue weighted by atomic mass is 15.0. The van der Waals surface area contributed by atoms with E-state index in [-0.39, 0.29) is 5.41 Å². The van der Waals surface area contributed by atoms with E-state index in [0.717, 1.165) is 61.5 Å². The molecule has 0 spiro atoms. The molecule has 0 N–H and O–H groups in total. The molecule has 0 saturated carbocycles. The molecule has 0 saturated heterocycles. The van der Waals surface area contributed by atoms with Crippen molar-refractivity contribution < 1.29 is 0 Å². The lowest BCUT2D eigenvalue weighted by Crippen LogP contribution is -2.14. The fraction of sp³-hybridized carbons (Fsp3) is 0.0492. The van der Waals surface area contributed by atoms with Crippen LogP contribution in [-0.2, 0) is 5.41 Å². The molecular weight excluding hydrogens is 775 g/mol. The van der Waals surface area contributed by atoms with Crippen LogP contribution in [0.2, 0.25) is 0 Å². The van der Waals surface area contributed by atoms with Gasteiger partial charge in [0.05, 0.1) is 22.4 Å². The first-order valence-electron chi connectivity index (χ1n) is 22.1.